The number of carbonyl (C=O) groups excluding carboxylic acids is 1. The molecule has 0 spiro atoms. The van der Waals surface area contributed by atoms with Crippen molar-refractivity contribution in [2.45, 2.75) is 25.9 Å². The van der Waals surface area contributed by atoms with E-state index in [0.717, 1.165) is 17.7 Å². The molecule has 0 aliphatic carbocycles. The molecule has 20 heavy (non-hydrogen) atoms. The Hall–Kier alpha value is -2.30. The molecule has 3 rings (SSSR count). The molecule has 0 bridgehead atoms. The van der Waals surface area contributed by atoms with Gasteiger partial charge in [0.25, 0.3) is 0 Å². The molecule has 1 aromatic heterocycles. The second kappa shape index (κ2) is 5.36. The zero-order chi connectivity index (χ0) is 13.9. The predicted molar refractivity (Wildman–Crippen MR) is 72.1 cm³/mol. The summed E-state index contributed by atoms with van der Waals surface area (Å²) in [6, 6.07) is 10.2. The first-order valence-electron chi connectivity index (χ1n) is 6.61. The van der Waals surface area contributed by atoms with Crippen LogP contribution in [0.3, 0.4) is 0 Å². The number of hydrogen-bond acceptors (Lipinski definition) is 4. The first-order chi connectivity index (χ1) is 9.74. The summed E-state index contributed by atoms with van der Waals surface area (Å²) in [5.41, 5.74) is 2.92. The van der Waals surface area contributed by atoms with E-state index in [1.807, 2.05) is 25.1 Å². The van der Waals surface area contributed by atoms with E-state index in [9.17, 15) is 4.79 Å². The fraction of sp³-hybridized carbons (Fsp3) is 0.333. The second-order valence-corrected chi connectivity index (χ2v) is 4.97. The van der Waals surface area contributed by atoms with E-state index in [-0.39, 0.29) is 12.1 Å². The number of amides is 1. The van der Waals surface area contributed by atoms with Crippen molar-refractivity contribution >= 4 is 6.09 Å². The lowest BCUT2D eigenvalue weighted by Crippen LogP contribution is -2.34. The average molecular weight is 272 g/mol. The molecule has 1 amide bonds. The molecular weight excluding hydrogens is 256 g/mol. The highest BCUT2D eigenvalue weighted by Gasteiger charge is 2.33. The van der Waals surface area contributed by atoms with Gasteiger partial charge in [-0.3, -0.25) is 4.90 Å². The average Bonchev–Trinajstić information content (AvgIpc) is 3.01. The molecule has 0 radical (unpaired) electrons. The third-order valence-electron chi connectivity index (χ3n) is 3.58. The van der Waals surface area contributed by atoms with E-state index in [1.165, 1.54) is 5.56 Å². The number of cyclic esters (lactones) is 1. The molecule has 5 heteroatoms. The molecule has 2 aromatic rings. The van der Waals surface area contributed by atoms with Crippen LogP contribution in [-0.4, -0.2) is 28.8 Å². The summed E-state index contributed by atoms with van der Waals surface area (Å²) in [6.45, 7) is 2.77. The van der Waals surface area contributed by atoms with Gasteiger partial charge in [0, 0.05) is 5.56 Å². The van der Waals surface area contributed by atoms with Crippen LogP contribution in [-0.2, 0) is 17.7 Å². The summed E-state index contributed by atoms with van der Waals surface area (Å²) >= 11 is 0. The van der Waals surface area contributed by atoms with Gasteiger partial charge >= 0.3 is 6.09 Å². The zero-order valence-electron chi connectivity index (χ0n) is 11.3. The van der Waals surface area contributed by atoms with Crippen molar-refractivity contribution in [1.82, 2.24) is 10.1 Å². The quantitative estimate of drug-likeness (QED) is 0.858. The Morgan fingerprint density at radius 2 is 2.15 bits per heavy atom. The predicted octanol–water partition coefficient (Wildman–Crippen LogP) is 2.55. The maximum Gasteiger partial charge on any atom is 0.410 e. The summed E-state index contributed by atoms with van der Waals surface area (Å²) in [5, 5.41) is 3.84. The molecule has 1 aliphatic rings. The van der Waals surface area contributed by atoms with Crippen LogP contribution >= 0.6 is 0 Å². The van der Waals surface area contributed by atoms with Crippen molar-refractivity contribution in [3.8, 4) is 0 Å². The number of nitrogens with zero attached hydrogens (tertiary/aromatic N) is 2. The molecule has 0 unspecified atom stereocenters. The minimum absolute atomic E-state index is 0.0548. The van der Waals surface area contributed by atoms with Crippen LogP contribution < -0.4 is 0 Å². The molecule has 2 heterocycles. The summed E-state index contributed by atoms with van der Waals surface area (Å²) in [6.07, 6.45) is 2.10. The second-order valence-electron chi connectivity index (χ2n) is 4.97. The standard InChI is InChI=1S/C15H16N2O3/c1-11-13(9-20-16-11)8-17-14(10-19-15(17)18)7-12-5-3-2-4-6-12/h2-6,9,14H,7-8,10H2,1H3/t14-/m0/s1. The minimum Gasteiger partial charge on any atom is -0.447 e. The van der Waals surface area contributed by atoms with Crippen LogP contribution in [0.25, 0.3) is 0 Å². The Morgan fingerprint density at radius 1 is 1.35 bits per heavy atom. The fourth-order valence-corrected chi connectivity index (χ4v) is 2.39. The SMILES string of the molecule is Cc1nocc1CN1C(=O)OC[C@@H]1Cc1ccccc1. The molecule has 0 N–H and O–H groups in total. The Bertz CT molecular complexity index is 594. The number of carbonyl (C=O) groups is 1. The van der Waals surface area contributed by atoms with Gasteiger partial charge in [-0.25, -0.2) is 4.79 Å². The molecule has 1 aliphatic heterocycles. The highest BCUT2D eigenvalue weighted by molar-refractivity contribution is 5.70. The van der Waals surface area contributed by atoms with Crippen LogP contribution in [0, 0.1) is 6.92 Å². The fourth-order valence-electron chi connectivity index (χ4n) is 2.39. The van der Waals surface area contributed by atoms with Gasteiger partial charge in [-0.15, -0.1) is 0 Å². The van der Waals surface area contributed by atoms with Gasteiger partial charge in [-0.2, -0.15) is 0 Å². The highest BCUT2D eigenvalue weighted by atomic mass is 16.6. The summed E-state index contributed by atoms with van der Waals surface area (Å²) < 4.78 is 10.1. The lowest BCUT2D eigenvalue weighted by Gasteiger charge is -2.20. The summed E-state index contributed by atoms with van der Waals surface area (Å²) in [4.78, 5) is 13.6. The van der Waals surface area contributed by atoms with E-state index < -0.39 is 0 Å². The normalized spacial score (nSPS) is 18.4. The van der Waals surface area contributed by atoms with Crippen molar-refractivity contribution in [1.29, 1.82) is 0 Å². The maximum atomic E-state index is 11.9. The van der Waals surface area contributed by atoms with Crippen molar-refractivity contribution in [2.75, 3.05) is 6.61 Å². The Labute approximate surface area is 117 Å². The molecular formula is C15H16N2O3. The van der Waals surface area contributed by atoms with Crippen LogP contribution in [0.15, 0.2) is 41.1 Å². The molecule has 5 nitrogen and oxygen atoms in total. The van der Waals surface area contributed by atoms with Crippen molar-refractivity contribution in [3.05, 3.63) is 53.4 Å². The molecule has 1 saturated heterocycles. The van der Waals surface area contributed by atoms with Gasteiger partial charge in [-0.05, 0) is 18.9 Å². The molecule has 1 fully saturated rings. The molecule has 0 saturated carbocycles. The number of rotatable bonds is 4. The number of ether oxygens (including phenoxy) is 1. The Kier molecular flexibility index (Phi) is 3.41. The van der Waals surface area contributed by atoms with Gasteiger partial charge in [0.1, 0.15) is 12.9 Å². The lowest BCUT2D eigenvalue weighted by atomic mass is 10.1. The van der Waals surface area contributed by atoms with Gasteiger partial charge in [0.05, 0.1) is 18.3 Å². The minimum atomic E-state index is -0.272. The van der Waals surface area contributed by atoms with E-state index in [0.29, 0.717) is 13.2 Å². The smallest absolute Gasteiger partial charge is 0.410 e. The number of aryl methyl sites for hydroxylation is 1. The molecule has 104 valence electrons. The maximum absolute atomic E-state index is 11.9. The van der Waals surface area contributed by atoms with Gasteiger partial charge in [0.15, 0.2) is 0 Å². The van der Waals surface area contributed by atoms with Crippen LogP contribution in [0.4, 0.5) is 4.79 Å². The first kappa shape index (κ1) is 12.7. The van der Waals surface area contributed by atoms with Crippen LogP contribution in [0.2, 0.25) is 0 Å². The molecule has 1 aromatic carbocycles. The summed E-state index contributed by atoms with van der Waals surface area (Å²) in [5.74, 6) is 0. The first-order valence-corrected chi connectivity index (χ1v) is 6.61. The van der Waals surface area contributed by atoms with Crippen LogP contribution in [0.5, 0.6) is 0 Å². The Morgan fingerprint density at radius 3 is 2.85 bits per heavy atom. The van der Waals surface area contributed by atoms with E-state index in [4.69, 9.17) is 9.26 Å². The third kappa shape index (κ3) is 2.52. The number of benzene rings is 1. The van der Waals surface area contributed by atoms with Crippen molar-refractivity contribution < 1.29 is 14.1 Å². The van der Waals surface area contributed by atoms with Gasteiger partial charge in [-0.1, -0.05) is 35.5 Å². The van der Waals surface area contributed by atoms with E-state index in [1.54, 1.807) is 11.2 Å². The van der Waals surface area contributed by atoms with Gasteiger partial charge in [0.2, 0.25) is 0 Å². The highest BCUT2D eigenvalue weighted by Crippen LogP contribution is 2.21. The lowest BCUT2D eigenvalue weighted by molar-refractivity contribution is 0.156. The van der Waals surface area contributed by atoms with E-state index in [2.05, 4.69) is 17.3 Å². The largest absolute Gasteiger partial charge is 0.447 e. The summed E-state index contributed by atoms with van der Waals surface area (Å²) in [7, 11) is 0. The van der Waals surface area contributed by atoms with Crippen LogP contribution in [0.1, 0.15) is 16.8 Å². The third-order valence-corrected chi connectivity index (χ3v) is 3.58. The Balaban J connectivity index is 1.74. The number of hydrogen-bond donors (Lipinski definition) is 0. The van der Waals surface area contributed by atoms with Crippen molar-refractivity contribution in [2.24, 2.45) is 0 Å². The topological polar surface area (TPSA) is 55.6 Å². The van der Waals surface area contributed by atoms with Gasteiger partial charge < -0.3 is 9.26 Å². The number of aromatic nitrogens is 1. The monoisotopic (exact) mass is 272 g/mol. The van der Waals surface area contributed by atoms with Crippen molar-refractivity contribution in [3.63, 3.8) is 0 Å². The van der Waals surface area contributed by atoms with E-state index >= 15 is 0 Å². The molecule has 1 atom stereocenters. The zero-order valence-corrected chi connectivity index (χ0v) is 11.3.